The fraction of sp³-hybridized carbons (Fsp3) is 0.182. The summed E-state index contributed by atoms with van der Waals surface area (Å²) >= 11 is 0. The minimum Gasteiger partial charge on any atom is -0.382 e. The molecule has 1 unspecified atom stereocenters. The van der Waals surface area contributed by atoms with Crippen LogP contribution in [0.5, 0.6) is 0 Å². The molecule has 3 aromatic rings. The number of nitriles is 2. The van der Waals surface area contributed by atoms with E-state index in [0.717, 1.165) is 18.6 Å². The van der Waals surface area contributed by atoms with Gasteiger partial charge in [-0.1, -0.05) is 12.2 Å². The molecule has 5 N–H and O–H groups in total. The first-order valence-corrected chi connectivity index (χ1v) is 9.97. The number of nitrogens with two attached hydrogens (primary N) is 2. The Labute approximate surface area is 187 Å². The van der Waals surface area contributed by atoms with Crippen LogP contribution >= 0.6 is 0 Å². The highest BCUT2D eigenvalue weighted by atomic mass is 19.1. The predicted octanol–water partition coefficient (Wildman–Crippen LogP) is 2.60. The number of hydrogen-bond acceptors (Lipinski definition) is 9. The first kappa shape index (κ1) is 21.5. The lowest BCUT2D eigenvalue weighted by atomic mass is 10.1. The van der Waals surface area contributed by atoms with Crippen molar-refractivity contribution in [1.82, 2.24) is 19.5 Å². The van der Waals surface area contributed by atoms with E-state index < -0.39 is 17.4 Å². The number of benzene rings is 1. The fourth-order valence-electron chi connectivity index (χ4n) is 3.64. The molecule has 1 aliphatic rings. The fourth-order valence-corrected chi connectivity index (χ4v) is 3.64. The predicted molar refractivity (Wildman–Crippen MR) is 121 cm³/mol. The molecule has 11 heteroatoms. The van der Waals surface area contributed by atoms with Gasteiger partial charge in [-0.15, -0.1) is 0 Å². The number of nitrogens with zero attached hydrogens (tertiary/aromatic N) is 6. The van der Waals surface area contributed by atoms with Crippen molar-refractivity contribution in [2.75, 3.05) is 16.8 Å². The summed E-state index contributed by atoms with van der Waals surface area (Å²) in [5.74, 6) is -0.632. The Morgan fingerprint density at radius 3 is 2.64 bits per heavy atom. The molecule has 0 bridgehead atoms. The molecule has 10 nitrogen and oxygen atoms in total. The number of anilines is 3. The van der Waals surface area contributed by atoms with Crippen LogP contribution in [-0.2, 0) is 0 Å². The van der Waals surface area contributed by atoms with Crippen molar-refractivity contribution in [2.24, 2.45) is 0 Å². The van der Waals surface area contributed by atoms with E-state index in [-0.39, 0.29) is 45.4 Å². The first-order valence-electron chi connectivity index (χ1n) is 9.97. The second kappa shape index (κ2) is 8.40. The van der Waals surface area contributed by atoms with Crippen LogP contribution in [0.25, 0.3) is 16.6 Å². The number of aromatic nitrogens is 4. The molecular formula is C22H18FN9O. The molecule has 4 rings (SSSR count). The van der Waals surface area contributed by atoms with E-state index >= 15 is 0 Å². The van der Waals surface area contributed by atoms with Crippen molar-refractivity contribution in [1.29, 1.82) is 10.5 Å². The largest absolute Gasteiger partial charge is 0.382 e. The average Bonchev–Trinajstić information content (AvgIpc) is 2.79. The summed E-state index contributed by atoms with van der Waals surface area (Å²) in [6.07, 6.45) is 7.10. The molecule has 164 valence electrons. The second-order valence-corrected chi connectivity index (χ2v) is 7.35. The van der Waals surface area contributed by atoms with Gasteiger partial charge in [0.15, 0.2) is 5.82 Å². The highest BCUT2D eigenvalue weighted by molar-refractivity contribution is 5.84. The van der Waals surface area contributed by atoms with Crippen molar-refractivity contribution in [3.8, 4) is 12.1 Å². The number of rotatable bonds is 4. The number of nitrogen functional groups attached to an aromatic ring is 2. The summed E-state index contributed by atoms with van der Waals surface area (Å²) in [5, 5.41) is 21.9. The molecule has 0 saturated heterocycles. The Morgan fingerprint density at radius 1 is 1.18 bits per heavy atom. The third-order valence-corrected chi connectivity index (χ3v) is 5.12. The maximum absolute atomic E-state index is 14.1. The lowest BCUT2D eigenvalue weighted by Gasteiger charge is -2.22. The van der Waals surface area contributed by atoms with Crippen LogP contribution in [0.4, 0.5) is 22.0 Å². The van der Waals surface area contributed by atoms with Crippen LogP contribution in [-0.4, -0.2) is 19.5 Å². The van der Waals surface area contributed by atoms with Crippen LogP contribution in [0, 0.1) is 28.5 Å². The van der Waals surface area contributed by atoms with E-state index in [0.29, 0.717) is 12.1 Å². The molecule has 0 spiro atoms. The zero-order valence-electron chi connectivity index (χ0n) is 17.5. The molecule has 33 heavy (non-hydrogen) atoms. The Bertz CT molecular complexity index is 1490. The lowest BCUT2D eigenvalue weighted by molar-refractivity contribution is 0.628. The molecule has 1 aliphatic carbocycles. The number of halogens is 1. The number of fused-ring (bicyclic) bond motifs is 1. The molecule has 0 fully saturated rings. The highest BCUT2D eigenvalue weighted by Gasteiger charge is 2.23. The zero-order chi connectivity index (χ0) is 23.7. The van der Waals surface area contributed by atoms with Crippen molar-refractivity contribution in [3.05, 3.63) is 63.5 Å². The standard InChI is InChI=1S/C22H18FN9O/c1-11(28-19-16(10-25)18(26)30-22(27)31-19)20-29-17-12(9-24)7-13(23)8-15(17)21(33)32(20)14-5-3-2-4-6-14/h3,5-8,11H,2,4H2,1H3,(H5,26,27,28,30,31). The summed E-state index contributed by atoms with van der Waals surface area (Å²) in [7, 11) is 0. The lowest BCUT2D eigenvalue weighted by Crippen LogP contribution is -2.28. The number of hydrogen-bond donors (Lipinski definition) is 3. The van der Waals surface area contributed by atoms with E-state index in [2.05, 4.69) is 20.3 Å². The van der Waals surface area contributed by atoms with Gasteiger partial charge in [0.2, 0.25) is 5.95 Å². The monoisotopic (exact) mass is 443 g/mol. The molecule has 0 radical (unpaired) electrons. The van der Waals surface area contributed by atoms with Gasteiger partial charge in [0.05, 0.1) is 22.5 Å². The van der Waals surface area contributed by atoms with E-state index in [1.165, 1.54) is 4.57 Å². The molecule has 0 amide bonds. The Kier molecular flexibility index (Phi) is 5.46. The molecule has 0 aliphatic heterocycles. The van der Waals surface area contributed by atoms with Gasteiger partial charge in [0.1, 0.15) is 35.2 Å². The van der Waals surface area contributed by atoms with Gasteiger partial charge in [0.25, 0.3) is 5.56 Å². The minimum atomic E-state index is -0.706. The zero-order valence-corrected chi connectivity index (χ0v) is 17.5. The van der Waals surface area contributed by atoms with Crippen molar-refractivity contribution in [3.63, 3.8) is 0 Å². The maximum Gasteiger partial charge on any atom is 0.266 e. The van der Waals surface area contributed by atoms with Gasteiger partial charge in [-0.05, 0) is 38.0 Å². The van der Waals surface area contributed by atoms with Crippen LogP contribution < -0.4 is 22.3 Å². The third-order valence-electron chi connectivity index (χ3n) is 5.12. The van der Waals surface area contributed by atoms with E-state index in [1.54, 1.807) is 13.0 Å². The van der Waals surface area contributed by atoms with Crippen LogP contribution in [0.15, 0.2) is 35.2 Å². The van der Waals surface area contributed by atoms with Gasteiger partial charge in [-0.25, -0.2) is 9.37 Å². The number of allylic oxidation sites excluding steroid dienone is 4. The Hall–Kier alpha value is -4.77. The summed E-state index contributed by atoms with van der Waals surface area (Å²) < 4.78 is 15.5. The minimum absolute atomic E-state index is 0.0118. The highest BCUT2D eigenvalue weighted by Crippen LogP contribution is 2.27. The summed E-state index contributed by atoms with van der Waals surface area (Å²) in [6, 6.07) is 5.21. The van der Waals surface area contributed by atoms with E-state index in [1.807, 2.05) is 24.3 Å². The van der Waals surface area contributed by atoms with E-state index in [4.69, 9.17) is 11.5 Å². The molecule has 2 aromatic heterocycles. The molecule has 0 saturated carbocycles. The van der Waals surface area contributed by atoms with Crippen LogP contribution in [0.2, 0.25) is 0 Å². The van der Waals surface area contributed by atoms with Crippen LogP contribution in [0.1, 0.15) is 42.8 Å². The first-order chi connectivity index (χ1) is 15.8. The van der Waals surface area contributed by atoms with E-state index in [9.17, 15) is 19.7 Å². The van der Waals surface area contributed by atoms with Crippen molar-refractivity contribution < 1.29 is 4.39 Å². The Balaban J connectivity index is 1.96. The number of nitrogens with one attached hydrogen (secondary N) is 1. The van der Waals surface area contributed by atoms with Gasteiger partial charge < -0.3 is 16.8 Å². The summed E-state index contributed by atoms with van der Waals surface area (Å²) in [5.41, 5.74) is 11.5. The van der Waals surface area contributed by atoms with Gasteiger partial charge in [-0.2, -0.15) is 20.5 Å². The smallest absolute Gasteiger partial charge is 0.266 e. The summed E-state index contributed by atoms with van der Waals surface area (Å²) in [4.78, 5) is 25.9. The van der Waals surface area contributed by atoms with Crippen LogP contribution in [0.3, 0.4) is 0 Å². The van der Waals surface area contributed by atoms with Crippen molar-refractivity contribution >= 4 is 34.2 Å². The van der Waals surface area contributed by atoms with Crippen molar-refractivity contribution in [2.45, 2.75) is 25.8 Å². The Morgan fingerprint density at radius 2 is 1.97 bits per heavy atom. The van der Waals surface area contributed by atoms with Gasteiger partial charge in [0, 0.05) is 5.70 Å². The molecule has 1 aromatic carbocycles. The van der Waals surface area contributed by atoms with Gasteiger partial charge >= 0.3 is 0 Å². The maximum atomic E-state index is 14.1. The molecule has 2 heterocycles. The third kappa shape index (κ3) is 3.83. The van der Waals surface area contributed by atoms with Gasteiger partial charge in [-0.3, -0.25) is 9.36 Å². The SMILES string of the molecule is CC(Nc1nc(N)nc(N)c1C#N)c1nc2c(C#N)cc(F)cc2c(=O)n1C1=CCCC=C1. The summed E-state index contributed by atoms with van der Waals surface area (Å²) in [6.45, 7) is 1.70. The molecule has 1 atom stereocenters. The second-order valence-electron chi connectivity index (χ2n) is 7.35. The normalized spacial score (nSPS) is 13.8. The quantitative estimate of drug-likeness (QED) is 0.548. The topological polar surface area (TPSA) is 172 Å². The molecular weight excluding hydrogens is 425 g/mol. The average molecular weight is 443 g/mol.